The van der Waals surface area contributed by atoms with Crippen LogP contribution in [0.2, 0.25) is 0 Å². The van der Waals surface area contributed by atoms with Gasteiger partial charge in [0.1, 0.15) is 11.7 Å². The van der Waals surface area contributed by atoms with Crippen molar-refractivity contribution in [2.24, 2.45) is 5.92 Å². The maximum Gasteiger partial charge on any atom is 0.435 e. The fourth-order valence-electron chi connectivity index (χ4n) is 4.02. The molecule has 8 nitrogen and oxygen atoms in total. The molecule has 0 amide bonds. The fourth-order valence-corrected chi connectivity index (χ4v) is 4.02. The van der Waals surface area contributed by atoms with E-state index in [-0.39, 0.29) is 18.7 Å². The highest BCUT2D eigenvalue weighted by molar-refractivity contribution is 6.10. The van der Waals surface area contributed by atoms with Crippen molar-refractivity contribution in [3.63, 3.8) is 0 Å². The Kier molecular flexibility index (Phi) is 6.02. The minimum absolute atomic E-state index is 0.180. The zero-order valence-electron chi connectivity index (χ0n) is 17.7. The number of esters is 1. The summed E-state index contributed by atoms with van der Waals surface area (Å²) in [6.45, 7) is 1.88. The standard InChI is InChI=1S/C24H22N2O6/c1-3-31-23(28)21-19(15-7-5-4-6-8-15)13-16(14-20(21)27)22-24(29)32-25-26(22)17-9-11-18(30-2)12-10-17/h4-12,14,19,21H,3,13H2,1-2H3/p+1. The molecule has 1 aromatic heterocycles. The maximum absolute atomic E-state index is 13.1. The Bertz CT molecular complexity index is 1210. The van der Waals surface area contributed by atoms with Gasteiger partial charge in [-0.3, -0.25) is 14.1 Å². The van der Waals surface area contributed by atoms with Crippen LogP contribution in [0.3, 0.4) is 0 Å². The number of carbonyl (C=O) groups is 2. The average Bonchev–Trinajstić information content (AvgIpc) is 3.20. The molecule has 3 aromatic rings. The summed E-state index contributed by atoms with van der Waals surface area (Å²) in [6.07, 6.45) is 1.64. The molecule has 0 radical (unpaired) electrons. The van der Waals surface area contributed by atoms with Crippen LogP contribution in [0.1, 0.15) is 30.5 Å². The van der Waals surface area contributed by atoms with Gasteiger partial charge < -0.3 is 9.47 Å². The number of hydrogen-bond acceptors (Lipinski definition) is 6. The van der Waals surface area contributed by atoms with E-state index in [4.69, 9.17) is 14.0 Å². The molecule has 1 aliphatic rings. The minimum atomic E-state index is -0.971. The van der Waals surface area contributed by atoms with Gasteiger partial charge in [0, 0.05) is 23.6 Å². The average molecular weight is 435 g/mol. The van der Waals surface area contributed by atoms with Gasteiger partial charge in [0.2, 0.25) is 5.69 Å². The Morgan fingerprint density at radius 2 is 1.84 bits per heavy atom. The second-order valence-electron chi connectivity index (χ2n) is 7.39. The number of hydrogen-bond donors (Lipinski definition) is 1. The molecule has 0 fully saturated rings. The molecule has 0 aliphatic heterocycles. The quantitative estimate of drug-likeness (QED) is 0.363. The molecule has 1 heterocycles. The first kappa shape index (κ1) is 21.3. The van der Waals surface area contributed by atoms with E-state index in [1.807, 2.05) is 30.3 Å². The Morgan fingerprint density at radius 1 is 1.12 bits per heavy atom. The van der Waals surface area contributed by atoms with Crippen molar-refractivity contribution in [2.75, 3.05) is 13.7 Å². The lowest BCUT2D eigenvalue weighted by molar-refractivity contribution is -0.672. The van der Waals surface area contributed by atoms with Crippen molar-refractivity contribution in [3.8, 4) is 11.4 Å². The number of rotatable bonds is 6. The summed E-state index contributed by atoms with van der Waals surface area (Å²) in [7, 11) is 1.56. The summed E-state index contributed by atoms with van der Waals surface area (Å²) in [5.74, 6) is -1.75. The van der Waals surface area contributed by atoms with Crippen LogP contribution in [-0.2, 0) is 14.3 Å². The van der Waals surface area contributed by atoms with E-state index in [1.165, 1.54) is 10.8 Å². The van der Waals surface area contributed by atoms with Crippen LogP contribution in [0.4, 0.5) is 0 Å². The number of H-pyrrole nitrogens is 1. The predicted molar refractivity (Wildman–Crippen MR) is 114 cm³/mol. The molecule has 2 atom stereocenters. The lowest BCUT2D eigenvalue weighted by atomic mass is 9.74. The molecule has 2 unspecified atom stereocenters. The fraction of sp³-hybridized carbons (Fsp3) is 0.250. The monoisotopic (exact) mass is 435 g/mol. The smallest absolute Gasteiger partial charge is 0.435 e. The van der Waals surface area contributed by atoms with Gasteiger partial charge in [-0.05, 0) is 47.1 Å². The molecule has 0 saturated heterocycles. The van der Waals surface area contributed by atoms with Crippen LogP contribution in [0.25, 0.3) is 11.3 Å². The molecule has 32 heavy (non-hydrogen) atoms. The summed E-state index contributed by atoms with van der Waals surface area (Å²) in [5, 5.41) is 2.59. The van der Waals surface area contributed by atoms with Gasteiger partial charge in [-0.1, -0.05) is 30.3 Å². The number of aromatic amines is 1. The lowest BCUT2D eigenvalue weighted by Crippen LogP contribution is -2.40. The third kappa shape index (κ3) is 3.99. The van der Waals surface area contributed by atoms with E-state index >= 15 is 0 Å². The van der Waals surface area contributed by atoms with Crippen LogP contribution in [0.15, 0.2) is 70.0 Å². The van der Waals surface area contributed by atoms with Crippen molar-refractivity contribution in [1.82, 2.24) is 5.27 Å². The second-order valence-corrected chi connectivity index (χ2v) is 7.39. The predicted octanol–water partition coefficient (Wildman–Crippen LogP) is 2.57. The Balaban J connectivity index is 1.79. The zero-order valence-corrected chi connectivity index (χ0v) is 17.7. The number of methoxy groups -OCH3 is 1. The molecule has 164 valence electrons. The largest absolute Gasteiger partial charge is 0.497 e. The van der Waals surface area contributed by atoms with Crippen molar-refractivity contribution in [3.05, 3.63) is 82.4 Å². The third-order valence-electron chi connectivity index (χ3n) is 5.51. The summed E-state index contributed by atoms with van der Waals surface area (Å²) in [5.41, 5.74) is 1.52. The van der Waals surface area contributed by atoms with E-state index in [9.17, 15) is 14.4 Å². The van der Waals surface area contributed by atoms with E-state index in [1.54, 1.807) is 38.3 Å². The Hall–Kier alpha value is -3.94. The molecule has 4 rings (SSSR count). The minimum Gasteiger partial charge on any atom is -0.497 e. The Labute approximate surface area is 184 Å². The van der Waals surface area contributed by atoms with E-state index < -0.39 is 29.2 Å². The summed E-state index contributed by atoms with van der Waals surface area (Å²) in [4.78, 5) is 38.3. The number of aromatic nitrogens is 2. The van der Waals surface area contributed by atoms with Crippen molar-refractivity contribution >= 4 is 17.3 Å². The highest BCUT2D eigenvalue weighted by Gasteiger charge is 2.43. The number of ether oxygens (including phenoxy) is 2. The first-order chi connectivity index (χ1) is 15.5. The first-order valence-corrected chi connectivity index (χ1v) is 10.3. The van der Waals surface area contributed by atoms with Crippen LogP contribution in [0.5, 0.6) is 5.75 Å². The maximum atomic E-state index is 13.1. The number of nitrogens with zero attached hydrogens (tertiary/aromatic N) is 1. The number of carbonyl (C=O) groups excluding carboxylic acids is 2. The van der Waals surface area contributed by atoms with Crippen molar-refractivity contribution in [1.29, 1.82) is 0 Å². The third-order valence-corrected chi connectivity index (χ3v) is 5.51. The van der Waals surface area contributed by atoms with Gasteiger partial charge in [0.25, 0.3) is 0 Å². The highest BCUT2D eigenvalue weighted by Crippen LogP contribution is 2.39. The molecule has 1 N–H and O–H groups in total. The van der Waals surface area contributed by atoms with E-state index in [2.05, 4.69) is 5.27 Å². The van der Waals surface area contributed by atoms with Gasteiger partial charge >= 0.3 is 17.3 Å². The first-order valence-electron chi connectivity index (χ1n) is 10.3. The normalized spacial score (nSPS) is 18.2. The highest BCUT2D eigenvalue weighted by atomic mass is 16.5. The van der Waals surface area contributed by atoms with Crippen molar-refractivity contribution < 1.29 is 28.3 Å². The topological polar surface area (TPSA) is 102 Å². The van der Waals surface area contributed by atoms with Gasteiger partial charge in [-0.15, -0.1) is 0 Å². The second kappa shape index (κ2) is 9.05. The number of allylic oxidation sites excluding steroid dienone is 2. The van der Waals surface area contributed by atoms with Crippen LogP contribution in [-0.4, -0.2) is 30.7 Å². The molecule has 2 aromatic carbocycles. The summed E-state index contributed by atoms with van der Waals surface area (Å²) in [6, 6.07) is 16.3. The number of benzene rings is 2. The molecule has 0 bridgehead atoms. The van der Waals surface area contributed by atoms with E-state index in [0.717, 1.165) is 5.56 Å². The molecule has 1 aliphatic carbocycles. The van der Waals surface area contributed by atoms with Gasteiger partial charge in [-0.2, -0.15) is 0 Å². The number of nitrogens with one attached hydrogen (secondary N) is 1. The van der Waals surface area contributed by atoms with Crippen LogP contribution in [0, 0.1) is 5.92 Å². The zero-order chi connectivity index (χ0) is 22.7. The lowest BCUT2D eigenvalue weighted by Gasteiger charge is -2.27. The molecule has 0 spiro atoms. The van der Waals surface area contributed by atoms with Crippen molar-refractivity contribution in [2.45, 2.75) is 19.3 Å². The van der Waals surface area contributed by atoms with E-state index in [0.29, 0.717) is 17.0 Å². The molecular formula is C24H23N2O6+. The molecule has 8 heteroatoms. The molecule has 0 saturated carbocycles. The van der Waals surface area contributed by atoms with Crippen LogP contribution >= 0.6 is 0 Å². The van der Waals surface area contributed by atoms with Gasteiger partial charge in [-0.25, -0.2) is 4.79 Å². The van der Waals surface area contributed by atoms with Crippen LogP contribution < -0.4 is 15.0 Å². The number of ketones is 1. The summed E-state index contributed by atoms with van der Waals surface area (Å²) < 4.78 is 16.9. The van der Waals surface area contributed by atoms with Gasteiger partial charge in [0.15, 0.2) is 5.78 Å². The molecular weight excluding hydrogens is 412 g/mol. The van der Waals surface area contributed by atoms with Gasteiger partial charge in [0.05, 0.1) is 13.7 Å². The Morgan fingerprint density at radius 3 is 2.50 bits per heavy atom. The SMILES string of the molecule is CCOC(=O)C1C(=O)C=C(c2c(=O)o[nH][n+]2-c2ccc(OC)cc2)CC1c1ccccc1. The summed E-state index contributed by atoms with van der Waals surface area (Å²) >= 11 is 0.